The van der Waals surface area contributed by atoms with E-state index >= 15 is 0 Å². The fourth-order valence-electron chi connectivity index (χ4n) is 5.04. The summed E-state index contributed by atoms with van der Waals surface area (Å²) >= 11 is 5.85. The second-order valence-corrected chi connectivity index (χ2v) is 20.8. The summed E-state index contributed by atoms with van der Waals surface area (Å²) in [6.45, 7) is 16.5. The van der Waals surface area contributed by atoms with E-state index in [0.29, 0.717) is 62.6 Å². The molecule has 6 rings (SSSR count). The average molecular weight is 942 g/mol. The number of nitrogens with one attached hydrogen (secondary N) is 4. The van der Waals surface area contributed by atoms with Crippen molar-refractivity contribution in [3.63, 3.8) is 0 Å². The fraction of sp³-hybridized carbons (Fsp3) is 0.289. The van der Waals surface area contributed by atoms with Crippen LogP contribution in [0.15, 0.2) is 115 Å². The van der Waals surface area contributed by atoms with E-state index in [4.69, 9.17) is 8.83 Å². The number of carbonyl (C=O) groups excluding carboxylic acids is 4. The Hall–Kier alpha value is -5.86. The number of thioether (sulfide) groups is 2. The van der Waals surface area contributed by atoms with E-state index in [1.807, 2.05) is 19.0 Å². The molecule has 19 heteroatoms. The van der Waals surface area contributed by atoms with Crippen LogP contribution in [-0.2, 0) is 31.9 Å². The van der Waals surface area contributed by atoms with Crippen LogP contribution in [0.3, 0.4) is 0 Å². The first kappa shape index (κ1) is 49.2. The molecule has 4 amide bonds. The van der Waals surface area contributed by atoms with E-state index < -0.39 is 0 Å². The third-order valence-corrected chi connectivity index (χ3v) is 12.6. The molecule has 64 heavy (non-hydrogen) atoms. The van der Waals surface area contributed by atoms with Crippen LogP contribution >= 0.6 is 46.2 Å². The Balaban J connectivity index is 0.000000243. The number of rotatable bonds is 16. The standard InChI is InChI=1S/C24H29N5O3S2.C21H22N4O3S2/c1-24(2,3)18-13-25-20(32-18)15-33-21-14-26-23(34-21)28-22(31)16-8-6-9-17(12-16)27-19(30)10-7-11-29(4)5;1-5-16(26)24-14-8-6-7-13(9-14)19(27)25-20-23-11-18(30-20)29-12-17-22-10-15(28-17)21(2,3)4/h6-10,12-14H,11,15H2,1-5H3,(H,27,30)(H,26,28,31);5-11H,1,12H2,2-4H3,(H,24,26)(H,23,25,27)/b10-7+;. The summed E-state index contributed by atoms with van der Waals surface area (Å²) in [6.07, 6.45) is 11.4. The van der Waals surface area contributed by atoms with Crippen molar-refractivity contribution in [2.45, 2.75) is 72.3 Å². The van der Waals surface area contributed by atoms with Crippen LogP contribution < -0.4 is 21.3 Å². The monoisotopic (exact) mass is 941 g/mol. The number of nitrogens with zero attached hydrogens (tertiary/aromatic N) is 5. The van der Waals surface area contributed by atoms with E-state index in [-0.39, 0.29) is 34.5 Å². The number of hydrogen-bond donors (Lipinski definition) is 4. The van der Waals surface area contributed by atoms with Crippen molar-refractivity contribution < 1.29 is 28.0 Å². The van der Waals surface area contributed by atoms with Gasteiger partial charge in [0.25, 0.3) is 11.8 Å². The molecule has 15 nitrogen and oxygen atoms in total. The van der Waals surface area contributed by atoms with Crippen molar-refractivity contribution in [1.82, 2.24) is 24.8 Å². The first-order chi connectivity index (χ1) is 30.3. The Morgan fingerprint density at radius 2 is 1.12 bits per heavy atom. The van der Waals surface area contributed by atoms with Crippen LogP contribution in [0.5, 0.6) is 0 Å². The van der Waals surface area contributed by atoms with Gasteiger partial charge in [-0.25, -0.2) is 19.9 Å². The Morgan fingerprint density at radius 1 is 0.672 bits per heavy atom. The highest BCUT2D eigenvalue weighted by molar-refractivity contribution is 8.00. The lowest BCUT2D eigenvalue weighted by Crippen LogP contribution is -2.14. The molecule has 0 aliphatic carbocycles. The molecule has 2 aromatic carbocycles. The number of thiazole rings is 2. The van der Waals surface area contributed by atoms with E-state index in [1.54, 1.807) is 103 Å². The van der Waals surface area contributed by atoms with Gasteiger partial charge in [0, 0.05) is 46.0 Å². The molecule has 4 N–H and O–H groups in total. The summed E-state index contributed by atoms with van der Waals surface area (Å²) in [7, 11) is 3.85. The Morgan fingerprint density at radius 3 is 1.53 bits per heavy atom. The Kier molecular flexibility index (Phi) is 17.4. The minimum absolute atomic E-state index is 0.0797. The van der Waals surface area contributed by atoms with Crippen molar-refractivity contribution in [3.8, 4) is 0 Å². The van der Waals surface area contributed by atoms with Crippen LogP contribution in [-0.4, -0.2) is 69.1 Å². The normalized spacial score (nSPS) is 11.5. The van der Waals surface area contributed by atoms with Crippen LogP contribution in [0.25, 0.3) is 0 Å². The predicted octanol–water partition coefficient (Wildman–Crippen LogP) is 10.1. The molecule has 0 radical (unpaired) electrons. The van der Waals surface area contributed by atoms with Gasteiger partial charge in [-0.1, -0.05) is 89.0 Å². The molecule has 0 aliphatic heterocycles. The first-order valence-corrected chi connectivity index (χ1v) is 23.4. The average Bonchev–Trinajstić information content (AvgIpc) is 4.08. The molecule has 0 aliphatic rings. The van der Waals surface area contributed by atoms with Crippen molar-refractivity contribution in [3.05, 3.63) is 133 Å². The molecule has 4 aromatic heterocycles. The van der Waals surface area contributed by atoms with Gasteiger partial charge in [0.05, 0.1) is 44.7 Å². The molecular formula is C45H51N9O6S4. The molecule has 0 unspecified atom stereocenters. The number of aromatic nitrogens is 4. The van der Waals surface area contributed by atoms with Gasteiger partial charge in [-0.2, -0.15) is 0 Å². The molecule has 0 saturated heterocycles. The topological polar surface area (TPSA) is 197 Å². The smallest absolute Gasteiger partial charge is 0.257 e. The van der Waals surface area contributed by atoms with Crippen molar-refractivity contribution in [2.24, 2.45) is 0 Å². The minimum Gasteiger partial charge on any atom is -0.444 e. The molecule has 0 bridgehead atoms. The van der Waals surface area contributed by atoms with Crippen molar-refractivity contribution in [2.75, 3.05) is 41.9 Å². The lowest BCUT2D eigenvalue weighted by atomic mass is 9.94. The third kappa shape index (κ3) is 15.7. The largest absolute Gasteiger partial charge is 0.444 e. The lowest BCUT2D eigenvalue weighted by molar-refractivity contribution is -0.112. The second kappa shape index (κ2) is 22.7. The minimum atomic E-state index is -0.338. The number of benzene rings is 2. The summed E-state index contributed by atoms with van der Waals surface area (Å²) in [5.74, 6) is 2.98. The molecule has 0 saturated carbocycles. The zero-order valence-electron chi connectivity index (χ0n) is 36.8. The Labute approximate surface area is 389 Å². The fourth-order valence-corrected chi connectivity index (χ4v) is 8.49. The summed E-state index contributed by atoms with van der Waals surface area (Å²) in [4.78, 5) is 67.8. The number of oxazole rings is 2. The predicted molar refractivity (Wildman–Crippen MR) is 258 cm³/mol. The van der Waals surface area contributed by atoms with Gasteiger partial charge in [0.2, 0.25) is 23.6 Å². The highest BCUT2D eigenvalue weighted by Crippen LogP contribution is 2.33. The van der Waals surface area contributed by atoms with Gasteiger partial charge in [-0.3, -0.25) is 29.8 Å². The first-order valence-electron chi connectivity index (χ1n) is 19.8. The van der Waals surface area contributed by atoms with Crippen molar-refractivity contribution in [1.29, 1.82) is 0 Å². The number of likely N-dealkylation sites (N-methyl/N-ethyl adjacent to an activating group) is 1. The molecule has 4 heterocycles. The van der Waals surface area contributed by atoms with Crippen LogP contribution in [0, 0.1) is 0 Å². The van der Waals surface area contributed by atoms with E-state index in [9.17, 15) is 19.2 Å². The van der Waals surface area contributed by atoms with Gasteiger partial charge in [0.15, 0.2) is 10.3 Å². The lowest BCUT2D eigenvalue weighted by Gasteiger charge is -2.12. The Bertz CT molecular complexity index is 2580. The third-order valence-electron chi connectivity index (χ3n) is 8.38. The van der Waals surface area contributed by atoms with Crippen LogP contribution in [0.4, 0.5) is 21.6 Å². The van der Waals surface area contributed by atoms with Gasteiger partial charge in [-0.05, 0) is 56.6 Å². The van der Waals surface area contributed by atoms with Gasteiger partial charge in [0.1, 0.15) is 11.5 Å². The van der Waals surface area contributed by atoms with E-state index in [2.05, 4.69) is 89.3 Å². The number of hydrogen-bond acceptors (Lipinski definition) is 15. The molecule has 6 aromatic rings. The maximum absolute atomic E-state index is 12.7. The molecule has 0 spiro atoms. The van der Waals surface area contributed by atoms with Gasteiger partial charge in [-0.15, -0.1) is 23.5 Å². The van der Waals surface area contributed by atoms with E-state index in [1.165, 1.54) is 34.8 Å². The zero-order valence-corrected chi connectivity index (χ0v) is 40.1. The number of anilines is 4. The summed E-state index contributed by atoms with van der Waals surface area (Å²) in [5, 5.41) is 12.0. The molecule has 0 atom stereocenters. The maximum Gasteiger partial charge on any atom is 0.257 e. The highest BCUT2D eigenvalue weighted by atomic mass is 32.2. The van der Waals surface area contributed by atoms with Crippen LogP contribution in [0.1, 0.15) is 85.6 Å². The van der Waals surface area contributed by atoms with Crippen LogP contribution in [0.2, 0.25) is 0 Å². The highest BCUT2D eigenvalue weighted by Gasteiger charge is 2.21. The van der Waals surface area contributed by atoms with E-state index in [0.717, 1.165) is 19.9 Å². The molecule has 336 valence electrons. The summed E-state index contributed by atoms with van der Waals surface area (Å²) < 4.78 is 13.5. The number of amides is 4. The van der Waals surface area contributed by atoms with Crippen molar-refractivity contribution >= 4 is 91.5 Å². The molecular weight excluding hydrogens is 891 g/mol. The second-order valence-electron chi connectivity index (χ2n) is 16.2. The SMILES string of the molecule is C=CC(=O)Nc1cccc(C(=O)Nc2ncc(SCc3ncc(C(C)(C)C)o3)s2)c1.CN(C)C/C=C/C(=O)Nc1cccc(C(=O)Nc2ncc(SCc3ncc(C(C)(C)C)o3)s2)c1. The van der Waals surface area contributed by atoms with Gasteiger partial charge < -0.3 is 24.4 Å². The summed E-state index contributed by atoms with van der Waals surface area (Å²) in [5.41, 5.74) is 1.74. The van der Waals surface area contributed by atoms with Gasteiger partial charge >= 0.3 is 0 Å². The molecule has 0 fully saturated rings. The number of carbonyl (C=O) groups is 4. The maximum atomic E-state index is 12.7. The zero-order chi connectivity index (χ0) is 46.4. The summed E-state index contributed by atoms with van der Waals surface area (Å²) in [6, 6.07) is 13.4. The quantitative estimate of drug-likeness (QED) is 0.0529.